The summed E-state index contributed by atoms with van der Waals surface area (Å²) in [5, 5.41) is 22.9. The van der Waals surface area contributed by atoms with Crippen LogP contribution in [0.4, 0.5) is 5.69 Å². The van der Waals surface area contributed by atoms with Crippen molar-refractivity contribution in [2.24, 2.45) is 0 Å². The second-order valence-corrected chi connectivity index (χ2v) is 3.11. The number of aromatic nitrogens is 3. The summed E-state index contributed by atoms with van der Waals surface area (Å²) in [5.74, 6) is -1.14. The summed E-state index contributed by atoms with van der Waals surface area (Å²) in [6, 6.07) is 2.76. The summed E-state index contributed by atoms with van der Waals surface area (Å²) >= 11 is 0. The number of hydrogen-bond donors (Lipinski definition) is 1. The average molecular weight is 234 g/mol. The van der Waals surface area contributed by atoms with Crippen molar-refractivity contribution in [1.29, 1.82) is 0 Å². The van der Waals surface area contributed by atoms with Crippen molar-refractivity contribution in [1.82, 2.24) is 14.8 Å². The molecule has 8 nitrogen and oxygen atoms in total. The van der Waals surface area contributed by atoms with Crippen LogP contribution in [-0.4, -0.2) is 30.8 Å². The van der Waals surface area contributed by atoms with E-state index in [1.165, 1.54) is 29.2 Å². The lowest BCUT2D eigenvalue weighted by Crippen LogP contribution is -2.02. The lowest BCUT2D eigenvalue weighted by molar-refractivity contribution is -0.384. The van der Waals surface area contributed by atoms with Crippen LogP contribution in [0.3, 0.4) is 0 Å². The van der Waals surface area contributed by atoms with Gasteiger partial charge in [-0.25, -0.2) is 14.5 Å². The van der Waals surface area contributed by atoms with Crippen LogP contribution in [0.2, 0.25) is 0 Å². The number of rotatable bonds is 3. The molecule has 2 aromatic heterocycles. The SMILES string of the molecule is O=C(O)c1ccc(-n2cc([N+](=O)[O-])cn2)cn1. The monoisotopic (exact) mass is 234 g/mol. The first-order valence-electron chi connectivity index (χ1n) is 4.47. The summed E-state index contributed by atoms with van der Waals surface area (Å²) in [7, 11) is 0. The largest absolute Gasteiger partial charge is 0.477 e. The van der Waals surface area contributed by atoms with Crippen LogP contribution >= 0.6 is 0 Å². The molecule has 86 valence electrons. The van der Waals surface area contributed by atoms with E-state index in [0.717, 1.165) is 6.20 Å². The molecule has 0 aliphatic heterocycles. The first-order valence-corrected chi connectivity index (χ1v) is 4.47. The van der Waals surface area contributed by atoms with Gasteiger partial charge in [-0.2, -0.15) is 5.10 Å². The molecular formula is C9H6N4O4. The van der Waals surface area contributed by atoms with Crippen molar-refractivity contribution in [2.45, 2.75) is 0 Å². The molecule has 0 radical (unpaired) electrons. The highest BCUT2D eigenvalue weighted by molar-refractivity contribution is 5.85. The highest BCUT2D eigenvalue weighted by Gasteiger charge is 2.10. The van der Waals surface area contributed by atoms with Gasteiger partial charge in [-0.3, -0.25) is 10.1 Å². The Hall–Kier alpha value is -2.77. The summed E-state index contributed by atoms with van der Waals surface area (Å²) in [6.07, 6.45) is 3.60. The third kappa shape index (κ3) is 2.09. The van der Waals surface area contributed by atoms with Crippen LogP contribution in [0, 0.1) is 10.1 Å². The molecule has 0 unspecified atom stereocenters. The van der Waals surface area contributed by atoms with Gasteiger partial charge in [0.15, 0.2) is 0 Å². The van der Waals surface area contributed by atoms with E-state index < -0.39 is 10.9 Å². The van der Waals surface area contributed by atoms with Gasteiger partial charge < -0.3 is 5.11 Å². The topological polar surface area (TPSA) is 111 Å². The van der Waals surface area contributed by atoms with E-state index in [0.29, 0.717) is 5.69 Å². The number of nitro groups is 1. The molecule has 2 aromatic rings. The van der Waals surface area contributed by atoms with Gasteiger partial charge in [0.05, 0.1) is 16.8 Å². The average Bonchev–Trinajstić information content (AvgIpc) is 2.78. The van der Waals surface area contributed by atoms with E-state index in [1.54, 1.807) is 0 Å². The van der Waals surface area contributed by atoms with Crippen LogP contribution in [0.1, 0.15) is 10.5 Å². The maximum Gasteiger partial charge on any atom is 0.354 e. The van der Waals surface area contributed by atoms with Crippen LogP contribution in [0.5, 0.6) is 0 Å². The molecule has 0 amide bonds. The molecule has 0 aromatic carbocycles. The third-order valence-corrected chi connectivity index (χ3v) is 2.01. The fourth-order valence-corrected chi connectivity index (χ4v) is 1.20. The molecule has 0 aliphatic rings. The number of carboxylic acid groups (broad SMARTS) is 1. The normalized spacial score (nSPS) is 10.1. The molecule has 0 aliphatic carbocycles. The van der Waals surface area contributed by atoms with Crippen molar-refractivity contribution >= 4 is 11.7 Å². The predicted octanol–water partition coefficient (Wildman–Crippen LogP) is 0.874. The third-order valence-electron chi connectivity index (χ3n) is 2.01. The molecule has 0 spiro atoms. The van der Waals surface area contributed by atoms with Gasteiger partial charge in [0.25, 0.3) is 0 Å². The van der Waals surface area contributed by atoms with E-state index in [1.807, 2.05) is 0 Å². The van der Waals surface area contributed by atoms with Crippen molar-refractivity contribution in [3.63, 3.8) is 0 Å². The number of nitrogens with zero attached hydrogens (tertiary/aromatic N) is 4. The molecule has 17 heavy (non-hydrogen) atoms. The molecular weight excluding hydrogens is 228 g/mol. The minimum Gasteiger partial charge on any atom is -0.477 e. The van der Waals surface area contributed by atoms with Crippen molar-refractivity contribution in [3.05, 3.63) is 46.5 Å². The quantitative estimate of drug-likeness (QED) is 0.623. The lowest BCUT2D eigenvalue weighted by Gasteiger charge is -1.99. The Morgan fingerprint density at radius 1 is 1.41 bits per heavy atom. The van der Waals surface area contributed by atoms with Gasteiger partial charge in [0, 0.05) is 0 Å². The molecule has 2 heterocycles. The fraction of sp³-hybridized carbons (Fsp3) is 0. The van der Waals surface area contributed by atoms with Crippen molar-refractivity contribution in [2.75, 3.05) is 0 Å². The maximum absolute atomic E-state index is 10.6. The second kappa shape index (κ2) is 4.00. The van der Waals surface area contributed by atoms with E-state index in [-0.39, 0.29) is 11.4 Å². The van der Waals surface area contributed by atoms with Gasteiger partial charge in [-0.05, 0) is 12.1 Å². The molecule has 8 heteroatoms. The Kier molecular flexibility index (Phi) is 2.53. The molecule has 1 N–H and O–H groups in total. The van der Waals surface area contributed by atoms with Crippen molar-refractivity contribution < 1.29 is 14.8 Å². The molecule has 0 saturated heterocycles. The van der Waals surface area contributed by atoms with Crippen molar-refractivity contribution in [3.8, 4) is 5.69 Å². The molecule has 0 bridgehead atoms. The number of carbonyl (C=O) groups is 1. The Balaban J connectivity index is 2.33. The van der Waals surface area contributed by atoms with Crippen LogP contribution < -0.4 is 0 Å². The van der Waals surface area contributed by atoms with Crippen LogP contribution in [0.15, 0.2) is 30.7 Å². The number of pyridine rings is 1. The zero-order valence-electron chi connectivity index (χ0n) is 8.35. The van der Waals surface area contributed by atoms with E-state index in [2.05, 4.69) is 10.1 Å². The van der Waals surface area contributed by atoms with Gasteiger partial charge >= 0.3 is 11.7 Å². The maximum atomic E-state index is 10.6. The Morgan fingerprint density at radius 3 is 2.65 bits per heavy atom. The Morgan fingerprint density at radius 2 is 2.18 bits per heavy atom. The molecule has 0 fully saturated rings. The van der Waals surface area contributed by atoms with E-state index in [4.69, 9.17) is 5.11 Å². The fourth-order valence-electron chi connectivity index (χ4n) is 1.20. The zero-order chi connectivity index (χ0) is 12.4. The molecule has 0 atom stereocenters. The minimum atomic E-state index is -1.14. The Bertz CT molecular complexity index is 575. The van der Waals surface area contributed by atoms with E-state index in [9.17, 15) is 14.9 Å². The lowest BCUT2D eigenvalue weighted by atomic mass is 10.3. The number of aromatic carboxylic acids is 1. The smallest absolute Gasteiger partial charge is 0.354 e. The Labute approximate surface area is 94.3 Å². The predicted molar refractivity (Wildman–Crippen MR) is 55.0 cm³/mol. The summed E-state index contributed by atoms with van der Waals surface area (Å²) < 4.78 is 1.25. The molecule has 2 rings (SSSR count). The number of carboxylic acids is 1. The van der Waals surface area contributed by atoms with Gasteiger partial charge in [-0.1, -0.05) is 0 Å². The van der Waals surface area contributed by atoms with Gasteiger partial charge in [0.1, 0.15) is 18.1 Å². The van der Waals surface area contributed by atoms with Crippen LogP contribution in [-0.2, 0) is 0 Å². The standard InChI is InChI=1S/C9H6N4O4/c14-9(15)8-2-1-6(3-10-8)12-5-7(4-11-12)13(16)17/h1-5H,(H,14,15). The first kappa shape index (κ1) is 10.7. The van der Waals surface area contributed by atoms with Gasteiger partial charge in [0.2, 0.25) is 0 Å². The highest BCUT2D eigenvalue weighted by atomic mass is 16.6. The second-order valence-electron chi connectivity index (χ2n) is 3.11. The van der Waals surface area contributed by atoms with E-state index >= 15 is 0 Å². The minimum absolute atomic E-state index is 0.101. The summed E-state index contributed by atoms with van der Waals surface area (Å²) in [6.45, 7) is 0. The highest BCUT2D eigenvalue weighted by Crippen LogP contribution is 2.12. The molecule has 0 saturated carbocycles. The first-order chi connectivity index (χ1) is 8.08. The summed E-state index contributed by atoms with van der Waals surface area (Å²) in [5.41, 5.74) is 0.200. The number of hydrogen-bond acceptors (Lipinski definition) is 5. The van der Waals surface area contributed by atoms with Gasteiger partial charge in [-0.15, -0.1) is 0 Å². The zero-order valence-corrected chi connectivity index (χ0v) is 8.35. The summed E-state index contributed by atoms with van der Waals surface area (Å²) in [4.78, 5) is 24.1. The van der Waals surface area contributed by atoms with Crippen LogP contribution in [0.25, 0.3) is 5.69 Å².